The van der Waals surface area contributed by atoms with E-state index < -0.39 is 0 Å². The minimum atomic E-state index is 0.555. The summed E-state index contributed by atoms with van der Waals surface area (Å²) in [6.45, 7) is 1.99. The lowest BCUT2D eigenvalue weighted by atomic mass is 10.4. The molecule has 0 aliphatic heterocycles. The van der Waals surface area contributed by atoms with E-state index in [1.807, 2.05) is 12.8 Å². The molecular weight excluding hydrogens is 108 g/mol. The Morgan fingerprint density at radius 2 is 2.00 bits per heavy atom. The van der Waals surface area contributed by atoms with E-state index in [-0.39, 0.29) is 0 Å². The SMILES string of the molecule is [C]#CC#CCC#CCC. The Bertz CT molecular complexity index is 206. The van der Waals surface area contributed by atoms with E-state index in [2.05, 4.69) is 23.7 Å². The zero-order valence-corrected chi connectivity index (χ0v) is 5.41. The van der Waals surface area contributed by atoms with E-state index in [9.17, 15) is 0 Å². The highest BCUT2D eigenvalue weighted by molar-refractivity contribution is 5.22. The number of rotatable bonds is 0. The fourth-order valence-electron chi connectivity index (χ4n) is 0.320. The molecule has 0 nitrogen and oxygen atoms in total. The lowest BCUT2D eigenvalue weighted by Gasteiger charge is -1.67. The van der Waals surface area contributed by atoms with Crippen molar-refractivity contribution in [2.45, 2.75) is 19.8 Å². The summed E-state index contributed by atoms with van der Waals surface area (Å²) in [5.41, 5.74) is 0. The first-order chi connectivity index (χ1) is 4.41. The standard InChI is InChI=1S/C9H7/c1-3-5-7-9-8-6-4-2/h3,9H2,1H3. The quantitative estimate of drug-likeness (QED) is 0.418. The van der Waals surface area contributed by atoms with Crippen LogP contribution in [0.25, 0.3) is 0 Å². The highest BCUT2D eigenvalue weighted by Gasteiger charge is 1.62. The summed E-state index contributed by atoms with van der Waals surface area (Å²) in [5.74, 6) is 12.7. The van der Waals surface area contributed by atoms with Crippen LogP contribution in [0.1, 0.15) is 19.8 Å². The van der Waals surface area contributed by atoms with Crippen LogP contribution >= 0.6 is 0 Å². The molecule has 0 unspecified atom stereocenters. The van der Waals surface area contributed by atoms with Crippen LogP contribution in [0.2, 0.25) is 0 Å². The van der Waals surface area contributed by atoms with Crippen LogP contribution in [0.15, 0.2) is 0 Å². The maximum absolute atomic E-state index is 6.41. The molecule has 0 aromatic rings. The summed E-state index contributed by atoms with van der Waals surface area (Å²) >= 11 is 0. The summed E-state index contributed by atoms with van der Waals surface area (Å²) in [5, 5.41) is 0. The second kappa shape index (κ2) is 6.68. The average molecular weight is 115 g/mol. The monoisotopic (exact) mass is 115 g/mol. The molecule has 0 heteroatoms. The van der Waals surface area contributed by atoms with Gasteiger partial charge in [-0.05, 0) is 18.3 Å². The highest BCUT2D eigenvalue weighted by atomic mass is 13.7. The smallest absolute Gasteiger partial charge is 0.0712 e. The Kier molecular flexibility index (Phi) is 5.70. The van der Waals surface area contributed by atoms with Gasteiger partial charge in [0.15, 0.2) is 0 Å². The molecular formula is C9H7. The van der Waals surface area contributed by atoms with E-state index in [0.29, 0.717) is 6.42 Å². The Hall–Kier alpha value is -1.32. The van der Waals surface area contributed by atoms with Crippen molar-refractivity contribution in [1.29, 1.82) is 0 Å². The molecule has 9 heavy (non-hydrogen) atoms. The molecule has 1 radical (unpaired) electrons. The summed E-state index contributed by atoms with van der Waals surface area (Å²) < 4.78 is 0. The lowest BCUT2D eigenvalue weighted by molar-refractivity contribution is 1.27. The van der Waals surface area contributed by atoms with Gasteiger partial charge in [-0.1, -0.05) is 18.8 Å². The van der Waals surface area contributed by atoms with Gasteiger partial charge in [-0.3, -0.25) is 0 Å². The van der Waals surface area contributed by atoms with Crippen LogP contribution < -0.4 is 0 Å². The van der Waals surface area contributed by atoms with E-state index in [4.69, 9.17) is 6.42 Å². The first-order valence-corrected chi connectivity index (χ1v) is 2.77. The van der Waals surface area contributed by atoms with E-state index in [1.165, 1.54) is 0 Å². The van der Waals surface area contributed by atoms with E-state index >= 15 is 0 Å². The highest BCUT2D eigenvalue weighted by Crippen LogP contribution is 1.72. The maximum Gasteiger partial charge on any atom is 0.0712 e. The van der Waals surface area contributed by atoms with Crippen molar-refractivity contribution in [2.75, 3.05) is 0 Å². The topological polar surface area (TPSA) is 0 Å². The molecule has 0 atom stereocenters. The molecule has 0 aromatic heterocycles. The summed E-state index contributed by atoms with van der Waals surface area (Å²) in [6, 6.07) is 0. The normalized spacial score (nSPS) is 5.33. The molecule has 43 valence electrons. The molecule has 0 heterocycles. The Morgan fingerprint density at radius 1 is 1.22 bits per heavy atom. The molecule has 0 spiro atoms. The van der Waals surface area contributed by atoms with Crippen LogP contribution in [0, 0.1) is 36.0 Å². The predicted molar refractivity (Wildman–Crippen MR) is 37.6 cm³/mol. The van der Waals surface area contributed by atoms with E-state index in [0.717, 1.165) is 6.42 Å². The van der Waals surface area contributed by atoms with Crippen molar-refractivity contribution in [3.8, 4) is 29.6 Å². The minimum absolute atomic E-state index is 0.555. The van der Waals surface area contributed by atoms with Crippen LogP contribution in [-0.4, -0.2) is 0 Å². The van der Waals surface area contributed by atoms with Crippen molar-refractivity contribution < 1.29 is 0 Å². The van der Waals surface area contributed by atoms with Crippen LogP contribution in [-0.2, 0) is 0 Å². The minimum Gasteiger partial charge on any atom is -0.103 e. The van der Waals surface area contributed by atoms with Gasteiger partial charge < -0.3 is 0 Å². The van der Waals surface area contributed by atoms with Crippen molar-refractivity contribution in [1.82, 2.24) is 0 Å². The van der Waals surface area contributed by atoms with Gasteiger partial charge in [0.25, 0.3) is 0 Å². The largest absolute Gasteiger partial charge is 0.103 e. The zero-order chi connectivity index (χ0) is 6.95. The second-order valence-electron chi connectivity index (χ2n) is 1.31. The molecule has 0 rings (SSSR count). The molecule has 0 bridgehead atoms. The van der Waals surface area contributed by atoms with Gasteiger partial charge in [0.1, 0.15) is 0 Å². The van der Waals surface area contributed by atoms with Gasteiger partial charge in [0.2, 0.25) is 0 Å². The van der Waals surface area contributed by atoms with Crippen LogP contribution in [0.5, 0.6) is 0 Å². The third-order valence-electron chi connectivity index (χ3n) is 0.629. The predicted octanol–water partition coefficient (Wildman–Crippen LogP) is 1.38. The zero-order valence-electron chi connectivity index (χ0n) is 5.41. The summed E-state index contributed by atoms with van der Waals surface area (Å²) in [4.78, 5) is 0. The maximum atomic E-state index is 6.41. The van der Waals surface area contributed by atoms with Crippen molar-refractivity contribution in [3.05, 3.63) is 6.42 Å². The Morgan fingerprint density at radius 3 is 2.56 bits per heavy atom. The average Bonchev–Trinajstić information content (AvgIpc) is 1.89. The van der Waals surface area contributed by atoms with Gasteiger partial charge in [0, 0.05) is 6.42 Å². The summed E-state index contributed by atoms with van der Waals surface area (Å²) in [7, 11) is 0. The molecule has 0 aromatic carbocycles. The van der Waals surface area contributed by atoms with Crippen molar-refractivity contribution in [2.24, 2.45) is 0 Å². The van der Waals surface area contributed by atoms with Gasteiger partial charge >= 0.3 is 0 Å². The van der Waals surface area contributed by atoms with Gasteiger partial charge in [-0.2, -0.15) is 0 Å². The molecule has 0 aliphatic carbocycles. The third kappa shape index (κ3) is 6.68. The molecule has 0 N–H and O–H groups in total. The Labute approximate surface area is 56.7 Å². The van der Waals surface area contributed by atoms with Crippen molar-refractivity contribution in [3.63, 3.8) is 0 Å². The fourth-order valence-corrected chi connectivity index (χ4v) is 0.320. The second-order valence-corrected chi connectivity index (χ2v) is 1.31. The third-order valence-corrected chi connectivity index (χ3v) is 0.629. The Balaban J connectivity index is 3.43. The van der Waals surface area contributed by atoms with Crippen molar-refractivity contribution >= 4 is 0 Å². The van der Waals surface area contributed by atoms with Gasteiger partial charge in [0.05, 0.1) is 6.42 Å². The van der Waals surface area contributed by atoms with Crippen LogP contribution in [0.4, 0.5) is 0 Å². The molecule has 0 saturated carbocycles. The summed E-state index contributed by atoms with van der Waals surface area (Å²) in [6.07, 6.45) is 7.84. The van der Waals surface area contributed by atoms with Gasteiger partial charge in [-0.15, -0.1) is 5.92 Å². The first kappa shape index (κ1) is 7.68. The lowest BCUT2D eigenvalue weighted by Crippen LogP contribution is -1.58. The molecule has 0 aliphatic rings. The van der Waals surface area contributed by atoms with Crippen LogP contribution in [0.3, 0.4) is 0 Å². The molecule has 0 fully saturated rings. The number of hydrogen-bond acceptors (Lipinski definition) is 0. The fraction of sp³-hybridized carbons (Fsp3) is 0.333. The number of hydrogen-bond donors (Lipinski definition) is 0. The first-order valence-electron chi connectivity index (χ1n) is 2.77. The van der Waals surface area contributed by atoms with Gasteiger partial charge in [-0.25, -0.2) is 0 Å². The van der Waals surface area contributed by atoms with E-state index in [1.54, 1.807) is 0 Å². The molecule has 0 amide bonds. The molecule has 0 saturated heterocycles.